The van der Waals surface area contributed by atoms with E-state index in [2.05, 4.69) is 5.73 Å². The molecule has 0 atom stereocenters. The van der Waals surface area contributed by atoms with Gasteiger partial charge in [-0.3, -0.25) is 0 Å². The number of hydrogen-bond acceptors (Lipinski definition) is 3. The van der Waals surface area contributed by atoms with Gasteiger partial charge in [-0.25, -0.2) is 4.79 Å². The Morgan fingerprint density at radius 1 is 1.42 bits per heavy atom. The van der Waals surface area contributed by atoms with Crippen LogP contribution in [-0.2, 0) is 0 Å². The molecule has 0 aromatic carbocycles. The van der Waals surface area contributed by atoms with Crippen LogP contribution in [-0.4, -0.2) is 56.1 Å². The minimum Gasteiger partial charge on any atom is -0.333 e. The van der Waals surface area contributed by atoms with Crippen LogP contribution in [0.4, 0.5) is 4.79 Å². The second kappa shape index (κ2) is 5.79. The molecular formula is C7H18N4O. The molecule has 0 aliphatic carbocycles. The molecule has 1 aliphatic heterocycles. The highest BCUT2D eigenvalue weighted by Gasteiger charge is 2.23. The Morgan fingerprint density at radius 2 is 2.00 bits per heavy atom. The van der Waals surface area contributed by atoms with E-state index in [-0.39, 0.29) is 6.03 Å². The van der Waals surface area contributed by atoms with E-state index in [1.807, 2.05) is 0 Å². The van der Waals surface area contributed by atoms with E-state index in [9.17, 15) is 4.79 Å². The van der Waals surface area contributed by atoms with Gasteiger partial charge in [0.1, 0.15) is 0 Å². The maximum absolute atomic E-state index is 11.1. The summed E-state index contributed by atoms with van der Waals surface area (Å²) in [5, 5.41) is 0. The molecule has 0 spiro atoms. The van der Waals surface area contributed by atoms with Crippen LogP contribution in [0.15, 0.2) is 0 Å². The smallest absolute Gasteiger partial charge is 0.319 e. The van der Waals surface area contributed by atoms with Gasteiger partial charge in [-0.15, -0.1) is 0 Å². The Balaban J connectivity index is 0.000000561. The number of carbonyl (C=O) groups is 1. The van der Waals surface area contributed by atoms with E-state index in [0.29, 0.717) is 13.1 Å². The molecular weight excluding hydrogens is 156 g/mol. The Kier molecular flexibility index (Phi) is 5.40. The van der Waals surface area contributed by atoms with Gasteiger partial charge in [0.2, 0.25) is 0 Å². The van der Waals surface area contributed by atoms with Crippen molar-refractivity contribution in [3.05, 3.63) is 0 Å². The van der Waals surface area contributed by atoms with E-state index in [1.54, 1.807) is 16.8 Å². The van der Waals surface area contributed by atoms with Crippen LogP contribution < -0.4 is 11.5 Å². The summed E-state index contributed by atoms with van der Waals surface area (Å²) in [4.78, 5) is 14.6. The van der Waals surface area contributed by atoms with Gasteiger partial charge in [-0.05, 0) is 7.05 Å². The number of likely N-dealkylation sites (N-methyl/N-ethyl adjacent to an activating group) is 1. The second-order valence-corrected chi connectivity index (χ2v) is 2.48. The number of carbonyl (C=O) groups excluding carboxylic acids is 1. The lowest BCUT2D eigenvalue weighted by Crippen LogP contribution is -2.33. The number of nitrogens with two attached hydrogens (primary N) is 2. The molecule has 2 amide bonds. The van der Waals surface area contributed by atoms with Crippen molar-refractivity contribution in [3.8, 4) is 0 Å². The Bertz CT molecular complexity index is 137. The van der Waals surface area contributed by atoms with Gasteiger partial charge in [0.15, 0.2) is 0 Å². The van der Waals surface area contributed by atoms with Gasteiger partial charge < -0.3 is 21.3 Å². The fourth-order valence-corrected chi connectivity index (χ4v) is 1.07. The molecule has 0 radical (unpaired) electrons. The maximum atomic E-state index is 11.1. The van der Waals surface area contributed by atoms with Crippen LogP contribution in [0.3, 0.4) is 0 Å². The molecule has 0 aromatic rings. The van der Waals surface area contributed by atoms with Gasteiger partial charge in [-0.1, -0.05) is 0 Å². The van der Waals surface area contributed by atoms with Gasteiger partial charge in [-0.2, -0.15) is 0 Å². The number of rotatable bonds is 2. The molecule has 1 saturated heterocycles. The lowest BCUT2D eigenvalue weighted by atomic mass is 10.5. The molecule has 1 aliphatic rings. The standard InChI is InChI=1S/C6H13N3O.CH5N/c1-8-4-5-9(3-2-7)6(8)10;1-2/h2-5,7H2,1H3;2H2,1H3. The van der Waals surface area contributed by atoms with Crippen molar-refractivity contribution in [1.29, 1.82) is 0 Å². The first-order chi connectivity index (χ1) is 5.75. The summed E-state index contributed by atoms with van der Waals surface area (Å²) >= 11 is 0. The molecule has 0 saturated carbocycles. The van der Waals surface area contributed by atoms with Gasteiger partial charge in [0.05, 0.1) is 0 Å². The van der Waals surface area contributed by atoms with E-state index >= 15 is 0 Å². The van der Waals surface area contributed by atoms with Crippen LogP contribution in [0.1, 0.15) is 0 Å². The van der Waals surface area contributed by atoms with Crippen LogP contribution in [0, 0.1) is 0 Å². The summed E-state index contributed by atoms with van der Waals surface area (Å²) in [6.45, 7) is 2.90. The summed E-state index contributed by atoms with van der Waals surface area (Å²) in [6, 6.07) is 0.102. The highest BCUT2D eigenvalue weighted by molar-refractivity contribution is 5.76. The van der Waals surface area contributed by atoms with Crippen molar-refractivity contribution in [1.82, 2.24) is 9.80 Å². The highest BCUT2D eigenvalue weighted by Crippen LogP contribution is 2.03. The summed E-state index contributed by atoms with van der Waals surface area (Å²) in [7, 11) is 3.30. The molecule has 0 unspecified atom stereocenters. The van der Waals surface area contributed by atoms with Crippen molar-refractivity contribution < 1.29 is 4.79 Å². The maximum Gasteiger partial charge on any atom is 0.319 e. The predicted octanol–water partition coefficient (Wildman–Crippen LogP) is -1.11. The molecule has 12 heavy (non-hydrogen) atoms. The molecule has 5 nitrogen and oxygen atoms in total. The zero-order valence-corrected chi connectivity index (χ0v) is 7.79. The SMILES string of the molecule is CN.CN1CCN(CCN)C1=O. The Hall–Kier alpha value is -0.810. The zero-order chi connectivity index (χ0) is 9.56. The lowest BCUT2D eigenvalue weighted by Gasteiger charge is -2.13. The zero-order valence-electron chi connectivity index (χ0n) is 7.79. The molecule has 5 heteroatoms. The largest absolute Gasteiger partial charge is 0.333 e. The summed E-state index contributed by atoms with van der Waals surface area (Å²) < 4.78 is 0. The average molecular weight is 174 g/mol. The van der Waals surface area contributed by atoms with Crippen molar-refractivity contribution in [2.45, 2.75) is 0 Å². The molecule has 1 rings (SSSR count). The fraction of sp³-hybridized carbons (Fsp3) is 0.857. The van der Waals surface area contributed by atoms with Crippen molar-refractivity contribution in [2.24, 2.45) is 11.5 Å². The number of urea groups is 1. The van der Waals surface area contributed by atoms with Gasteiger partial charge in [0, 0.05) is 33.2 Å². The van der Waals surface area contributed by atoms with E-state index in [4.69, 9.17) is 5.73 Å². The van der Waals surface area contributed by atoms with E-state index in [1.165, 1.54) is 7.05 Å². The Morgan fingerprint density at radius 3 is 2.33 bits per heavy atom. The minimum absolute atomic E-state index is 0.102. The summed E-state index contributed by atoms with van der Waals surface area (Å²) in [5.74, 6) is 0. The summed E-state index contributed by atoms with van der Waals surface area (Å²) in [6.07, 6.45) is 0. The summed E-state index contributed by atoms with van der Waals surface area (Å²) in [5.41, 5.74) is 9.80. The van der Waals surface area contributed by atoms with Crippen LogP contribution in [0.2, 0.25) is 0 Å². The Labute approximate surface area is 73.3 Å². The molecule has 1 fully saturated rings. The van der Waals surface area contributed by atoms with Crippen LogP contribution in [0.5, 0.6) is 0 Å². The molecule has 72 valence electrons. The van der Waals surface area contributed by atoms with Crippen molar-refractivity contribution in [2.75, 3.05) is 40.3 Å². The first-order valence-electron chi connectivity index (χ1n) is 4.03. The number of hydrogen-bond donors (Lipinski definition) is 2. The first-order valence-corrected chi connectivity index (χ1v) is 4.03. The normalized spacial score (nSPS) is 16.2. The lowest BCUT2D eigenvalue weighted by molar-refractivity contribution is 0.199. The number of nitrogens with zero attached hydrogens (tertiary/aromatic N) is 2. The molecule has 4 N–H and O–H groups in total. The molecule has 0 bridgehead atoms. The van der Waals surface area contributed by atoms with Crippen LogP contribution >= 0.6 is 0 Å². The quantitative estimate of drug-likeness (QED) is 0.557. The van der Waals surface area contributed by atoms with Crippen LogP contribution in [0.25, 0.3) is 0 Å². The van der Waals surface area contributed by atoms with Crippen molar-refractivity contribution >= 4 is 6.03 Å². The third-order valence-electron chi connectivity index (χ3n) is 1.70. The monoisotopic (exact) mass is 174 g/mol. The van der Waals surface area contributed by atoms with Crippen molar-refractivity contribution in [3.63, 3.8) is 0 Å². The van der Waals surface area contributed by atoms with E-state index in [0.717, 1.165) is 13.1 Å². The topological polar surface area (TPSA) is 75.6 Å². The third kappa shape index (κ3) is 2.67. The van der Waals surface area contributed by atoms with E-state index < -0.39 is 0 Å². The second-order valence-electron chi connectivity index (χ2n) is 2.48. The molecule has 1 heterocycles. The fourth-order valence-electron chi connectivity index (χ4n) is 1.07. The molecule has 0 aromatic heterocycles. The first kappa shape index (κ1) is 11.2. The van der Waals surface area contributed by atoms with Gasteiger partial charge in [0.25, 0.3) is 0 Å². The average Bonchev–Trinajstić information content (AvgIpc) is 2.41. The minimum atomic E-state index is 0.102. The highest BCUT2D eigenvalue weighted by atomic mass is 16.2. The van der Waals surface area contributed by atoms with Gasteiger partial charge >= 0.3 is 6.03 Å². The predicted molar refractivity (Wildman–Crippen MR) is 48.8 cm³/mol. The third-order valence-corrected chi connectivity index (χ3v) is 1.70. The number of amides is 2.